The lowest BCUT2D eigenvalue weighted by atomic mass is 10.4. The lowest BCUT2D eigenvalue weighted by molar-refractivity contribution is 0.422. The Bertz CT molecular complexity index is 83.1. The van der Waals surface area contributed by atoms with E-state index in [0.29, 0.717) is 0 Å². The third-order valence-electron chi connectivity index (χ3n) is 2.00. The van der Waals surface area contributed by atoms with Crippen LogP contribution in [-0.4, -0.2) is 15.5 Å². The summed E-state index contributed by atoms with van der Waals surface area (Å²) >= 11 is 5.99. The monoisotopic (exact) mass is 164 g/mol. The van der Waals surface area contributed by atoms with E-state index in [1.54, 1.807) is 7.11 Å². The maximum Gasteiger partial charge on any atom is 0.276 e. The zero-order chi connectivity index (χ0) is 6.69. The molecule has 0 aromatic heterocycles. The van der Waals surface area contributed by atoms with E-state index in [4.69, 9.17) is 15.5 Å². The van der Waals surface area contributed by atoms with Gasteiger partial charge in [0.15, 0.2) is 0 Å². The maximum absolute atomic E-state index is 5.99. The standard InChI is InChI=1S/C6H13ClOSi/c1-8-9(7)6-4-2-3-5-6/h6,9H,2-5H2,1H3. The molecule has 0 aromatic rings. The molecule has 1 saturated carbocycles. The van der Waals surface area contributed by atoms with Crippen molar-refractivity contribution in [2.75, 3.05) is 7.11 Å². The van der Waals surface area contributed by atoms with Crippen LogP contribution in [0.3, 0.4) is 0 Å². The molecule has 9 heavy (non-hydrogen) atoms. The summed E-state index contributed by atoms with van der Waals surface area (Å²) in [5, 5.41) is 0. The highest BCUT2D eigenvalue weighted by molar-refractivity contribution is 7.03. The Kier molecular flexibility index (Phi) is 3.02. The molecule has 0 amide bonds. The lowest BCUT2D eigenvalue weighted by Gasteiger charge is -2.11. The van der Waals surface area contributed by atoms with E-state index in [1.807, 2.05) is 0 Å². The number of halogens is 1. The fraction of sp³-hybridized carbons (Fsp3) is 1.00. The van der Waals surface area contributed by atoms with Crippen LogP contribution in [0, 0.1) is 0 Å². The molecule has 0 aliphatic heterocycles. The molecule has 1 fully saturated rings. The van der Waals surface area contributed by atoms with Crippen molar-refractivity contribution in [3.05, 3.63) is 0 Å². The van der Waals surface area contributed by atoms with Crippen LogP contribution in [0.1, 0.15) is 25.7 Å². The van der Waals surface area contributed by atoms with Crippen molar-refractivity contribution in [2.24, 2.45) is 0 Å². The summed E-state index contributed by atoms with van der Waals surface area (Å²) in [6.07, 6.45) is 5.36. The third-order valence-corrected chi connectivity index (χ3v) is 5.46. The summed E-state index contributed by atoms with van der Waals surface area (Å²) < 4.78 is 5.14. The fourth-order valence-corrected chi connectivity index (χ4v) is 3.55. The largest absolute Gasteiger partial charge is 0.409 e. The minimum atomic E-state index is -1.26. The molecule has 1 rings (SSSR count). The van der Waals surface area contributed by atoms with Gasteiger partial charge in [0.1, 0.15) is 0 Å². The maximum atomic E-state index is 5.99. The van der Waals surface area contributed by atoms with Crippen LogP contribution >= 0.6 is 11.1 Å². The molecule has 1 aliphatic rings. The minimum Gasteiger partial charge on any atom is -0.409 e. The van der Waals surface area contributed by atoms with E-state index in [2.05, 4.69) is 0 Å². The van der Waals surface area contributed by atoms with Crippen molar-refractivity contribution in [1.29, 1.82) is 0 Å². The van der Waals surface area contributed by atoms with Gasteiger partial charge in [-0.1, -0.05) is 12.8 Å². The van der Waals surface area contributed by atoms with E-state index in [-0.39, 0.29) is 0 Å². The van der Waals surface area contributed by atoms with Crippen molar-refractivity contribution in [1.82, 2.24) is 0 Å². The van der Waals surface area contributed by atoms with Crippen LogP contribution < -0.4 is 0 Å². The smallest absolute Gasteiger partial charge is 0.276 e. The van der Waals surface area contributed by atoms with Gasteiger partial charge in [-0.3, -0.25) is 0 Å². The van der Waals surface area contributed by atoms with Gasteiger partial charge in [0, 0.05) is 7.11 Å². The van der Waals surface area contributed by atoms with Crippen molar-refractivity contribution >= 4 is 19.4 Å². The van der Waals surface area contributed by atoms with E-state index < -0.39 is 8.35 Å². The molecule has 54 valence electrons. The number of hydrogen-bond donors (Lipinski definition) is 0. The molecular formula is C6H13ClOSi. The predicted octanol–water partition coefficient (Wildman–Crippen LogP) is 2.04. The Morgan fingerprint density at radius 2 is 2.00 bits per heavy atom. The Labute approximate surface area is 62.8 Å². The molecule has 1 aliphatic carbocycles. The summed E-state index contributed by atoms with van der Waals surface area (Å²) in [5.41, 5.74) is 0.761. The van der Waals surface area contributed by atoms with Gasteiger partial charge in [0.25, 0.3) is 8.35 Å². The molecule has 0 radical (unpaired) electrons. The Balaban J connectivity index is 2.24. The van der Waals surface area contributed by atoms with Crippen LogP contribution in [0.15, 0.2) is 0 Å². The van der Waals surface area contributed by atoms with Gasteiger partial charge in [-0.05, 0) is 18.4 Å². The normalized spacial score (nSPS) is 24.7. The average molecular weight is 165 g/mol. The molecule has 0 saturated heterocycles. The summed E-state index contributed by atoms with van der Waals surface area (Å²) in [6.45, 7) is 0. The van der Waals surface area contributed by atoms with Gasteiger partial charge in [0.2, 0.25) is 0 Å². The Morgan fingerprint density at radius 3 is 2.44 bits per heavy atom. The highest BCUT2D eigenvalue weighted by Gasteiger charge is 2.24. The van der Waals surface area contributed by atoms with Gasteiger partial charge >= 0.3 is 0 Å². The summed E-state index contributed by atoms with van der Waals surface area (Å²) in [4.78, 5) is 0. The zero-order valence-electron chi connectivity index (χ0n) is 5.77. The molecule has 0 heterocycles. The SMILES string of the molecule is CO[SiH](Cl)C1CCCC1. The van der Waals surface area contributed by atoms with Crippen molar-refractivity contribution < 1.29 is 4.43 Å². The average Bonchev–Trinajstić information content (AvgIpc) is 2.37. The first-order chi connectivity index (χ1) is 4.34. The molecule has 3 heteroatoms. The van der Waals surface area contributed by atoms with Crippen LogP contribution in [0.2, 0.25) is 5.54 Å². The van der Waals surface area contributed by atoms with E-state index in [1.165, 1.54) is 25.7 Å². The second-order valence-corrected chi connectivity index (χ2v) is 6.04. The molecular weight excluding hydrogens is 152 g/mol. The second-order valence-electron chi connectivity index (χ2n) is 2.63. The van der Waals surface area contributed by atoms with Crippen LogP contribution in [0.4, 0.5) is 0 Å². The lowest BCUT2D eigenvalue weighted by Crippen LogP contribution is -2.13. The summed E-state index contributed by atoms with van der Waals surface area (Å²) in [7, 11) is 0.477. The Hall–Kier alpha value is 0.467. The highest BCUT2D eigenvalue weighted by atomic mass is 35.6. The van der Waals surface area contributed by atoms with Gasteiger partial charge in [0.05, 0.1) is 0 Å². The van der Waals surface area contributed by atoms with E-state index in [9.17, 15) is 0 Å². The predicted molar refractivity (Wildman–Crippen MR) is 42.2 cm³/mol. The fourth-order valence-electron chi connectivity index (χ4n) is 1.41. The van der Waals surface area contributed by atoms with Crippen molar-refractivity contribution in [3.63, 3.8) is 0 Å². The minimum absolute atomic E-state index is 0.761. The first kappa shape index (κ1) is 7.57. The van der Waals surface area contributed by atoms with E-state index in [0.717, 1.165) is 5.54 Å². The Morgan fingerprint density at radius 1 is 1.44 bits per heavy atom. The van der Waals surface area contributed by atoms with Gasteiger partial charge in [-0.2, -0.15) is 0 Å². The van der Waals surface area contributed by atoms with Crippen molar-refractivity contribution in [2.45, 2.75) is 31.2 Å². The second kappa shape index (κ2) is 3.59. The van der Waals surface area contributed by atoms with Gasteiger partial charge in [-0.25, -0.2) is 0 Å². The first-order valence-corrected chi connectivity index (χ1v) is 6.40. The summed E-state index contributed by atoms with van der Waals surface area (Å²) in [6, 6.07) is 0. The third kappa shape index (κ3) is 1.95. The highest BCUT2D eigenvalue weighted by Crippen LogP contribution is 2.33. The summed E-state index contributed by atoms with van der Waals surface area (Å²) in [5.74, 6) is 0. The molecule has 0 bridgehead atoms. The number of rotatable bonds is 2. The molecule has 1 nitrogen and oxygen atoms in total. The van der Waals surface area contributed by atoms with Gasteiger partial charge < -0.3 is 4.43 Å². The molecule has 0 spiro atoms. The van der Waals surface area contributed by atoms with Gasteiger partial charge in [-0.15, -0.1) is 11.1 Å². The topological polar surface area (TPSA) is 9.23 Å². The molecule has 1 unspecified atom stereocenters. The van der Waals surface area contributed by atoms with Crippen LogP contribution in [0.25, 0.3) is 0 Å². The number of hydrogen-bond acceptors (Lipinski definition) is 1. The molecule has 0 N–H and O–H groups in total. The van der Waals surface area contributed by atoms with Crippen LogP contribution in [0.5, 0.6) is 0 Å². The van der Waals surface area contributed by atoms with E-state index >= 15 is 0 Å². The van der Waals surface area contributed by atoms with Crippen molar-refractivity contribution in [3.8, 4) is 0 Å². The molecule has 1 atom stereocenters. The zero-order valence-corrected chi connectivity index (χ0v) is 7.68. The quantitative estimate of drug-likeness (QED) is 0.449. The molecule has 0 aromatic carbocycles. The first-order valence-electron chi connectivity index (χ1n) is 3.51. The van der Waals surface area contributed by atoms with Crippen LogP contribution in [-0.2, 0) is 4.43 Å².